The Bertz CT molecular complexity index is 345. The van der Waals surface area contributed by atoms with E-state index < -0.39 is 0 Å². The molecule has 98 valence electrons. The van der Waals surface area contributed by atoms with Crippen molar-refractivity contribution < 1.29 is 0 Å². The summed E-state index contributed by atoms with van der Waals surface area (Å²) in [5, 5.41) is 0. The highest BCUT2D eigenvalue weighted by atomic mass is 32.2. The number of hydrogen-bond donors (Lipinski definition) is 1. The largest absolute Gasteiger partial charge is 0.384 e. The first-order valence-corrected chi connectivity index (χ1v) is 7.69. The van der Waals surface area contributed by atoms with Crippen LogP contribution in [-0.2, 0) is 13.0 Å². The summed E-state index contributed by atoms with van der Waals surface area (Å²) in [7, 11) is 0. The Kier molecular flexibility index (Phi) is 5.89. The quantitative estimate of drug-likeness (QED) is 0.760. The highest BCUT2D eigenvalue weighted by Gasteiger charge is 2.15. The minimum Gasteiger partial charge on any atom is -0.384 e. The first-order valence-electron chi connectivity index (χ1n) is 6.54. The zero-order chi connectivity index (χ0) is 12.8. The average Bonchev–Trinajstić information content (AvgIpc) is 2.59. The number of thioether (sulfide) groups is 1. The van der Waals surface area contributed by atoms with E-state index in [-0.39, 0.29) is 0 Å². The van der Waals surface area contributed by atoms with Crippen LogP contribution in [-0.4, -0.2) is 21.1 Å². The van der Waals surface area contributed by atoms with Crippen LogP contribution in [0.25, 0.3) is 0 Å². The Labute approximate surface area is 109 Å². The van der Waals surface area contributed by atoms with E-state index >= 15 is 0 Å². The van der Waals surface area contributed by atoms with Gasteiger partial charge in [-0.15, -0.1) is 0 Å². The predicted molar refractivity (Wildman–Crippen MR) is 77.7 cm³/mol. The third-order valence-corrected chi connectivity index (χ3v) is 3.66. The summed E-state index contributed by atoms with van der Waals surface area (Å²) >= 11 is 1.94. The number of nitrogen functional groups attached to an aromatic ring is 1. The molecule has 0 aliphatic heterocycles. The lowest BCUT2D eigenvalue weighted by atomic mass is 10.2. The van der Waals surface area contributed by atoms with Crippen LogP contribution in [0.2, 0.25) is 0 Å². The van der Waals surface area contributed by atoms with Crippen LogP contribution in [0.5, 0.6) is 0 Å². The van der Waals surface area contributed by atoms with Crippen molar-refractivity contribution >= 4 is 17.6 Å². The van der Waals surface area contributed by atoms with Crippen molar-refractivity contribution in [2.24, 2.45) is 0 Å². The molecule has 0 fully saturated rings. The molecule has 3 nitrogen and oxygen atoms in total. The molecule has 0 aromatic carbocycles. The molecule has 1 aromatic heterocycles. The first-order chi connectivity index (χ1) is 8.11. The number of nitrogens with two attached hydrogens (primary N) is 1. The van der Waals surface area contributed by atoms with Crippen LogP contribution < -0.4 is 5.73 Å². The molecule has 0 bridgehead atoms. The number of aryl methyl sites for hydroxylation is 1. The SMILES string of the molecule is CCCn1c(C(C)C)nc(CCSCC)c1N. The molecule has 1 heterocycles. The van der Waals surface area contributed by atoms with E-state index in [1.54, 1.807) is 0 Å². The topological polar surface area (TPSA) is 43.8 Å². The average molecular weight is 255 g/mol. The van der Waals surface area contributed by atoms with E-state index in [9.17, 15) is 0 Å². The summed E-state index contributed by atoms with van der Waals surface area (Å²) < 4.78 is 2.19. The third-order valence-electron chi connectivity index (χ3n) is 2.76. The van der Waals surface area contributed by atoms with E-state index in [0.29, 0.717) is 5.92 Å². The van der Waals surface area contributed by atoms with Crippen LogP contribution in [0, 0.1) is 0 Å². The van der Waals surface area contributed by atoms with Crippen LogP contribution in [0.1, 0.15) is 51.6 Å². The molecular formula is C13H25N3S. The molecule has 0 spiro atoms. The number of hydrogen-bond acceptors (Lipinski definition) is 3. The van der Waals surface area contributed by atoms with Crippen molar-refractivity contribution in [1.82, 2.24) is 9.55 Å². The Morgan fingerprint density at radius 1 is 1.35 bits per heavy atom. The lowest BCUT2D eigenvalue weighted by Gasteiger charge is -2.10. The summed E-state index contributed by atoms with van der Waals surface area (Å²) in [5.74, 6) is 4.73. The highest BCUT2D eigenvalue weighted by molar-refractivity contribution is 7.99. The maximum absolute atomic E-state index is 6.20. The molecular weight excluding hydrogens is 230 g/mol. The standard InChI is InChI=1S/C13H25N3S/c1-5-8-16-12(14)11(7-9-17-6-2)15-13(16)10(3)4/h10H,5-9,14H2,1-4H3. The van der Waals surface area contributed by atoms with Crippen molar-refractivity contribution in [1.29, 1.82) is 0 Å². The van der Waals surface area contributed by atoms with Gasteiger partial charge in [-0.1, -0.05) is 27.7 Å². The smallest absolute Gasteiger partial charge is 0.126 e. The van der Waals surface area contributed by atoms with E-state index in [4.69, 9.17) is 10.7 Å². The summed E-state index contributed by atoms with van der Waals surface area (Å²) in [6, 6.07) is 0. The van der Waals surface area contributed by atoms with Crippen molar-refractivity contribution in [3.8, 4) is 0 Å². The van der Waals surface area contributed by atoms with Gasteiger partial charge in [-0.2, -0.15) is 11.8 Å². The van der Waals surface area contributed by atoms with Crippen LogP contribution in [0.4, 0.5) is 5.82 Å². The third kappa shape index (κ3) is 3.66. The Balaban J connectivity index is 2.87. The number of aromatic nitrogens is 2. The second-order valence-corrected chi connectivity index (χ2v) is 5.95. The monoisotopic (exact) mass is 255 g/mol. The van der Waals surface area contributed by atoms with E-state index in [2.05, 4.69) is 32.3 Å². The molecule has 0 radical (unpaired) electrons. The number of anilines is 1. The van der Waals surface area contributed by atoms with Crippen molar-refractivity contribution in [2.75, 3.05) is 17.2 Å². The van der Waals surface area contributed by atoms with E-state index in [1.165, 1.54) is 0 Å². The van der Waals surface area contributed by atoms with Gasteiger partial charge in [-0.25, -0.2) is 4.98 Å². The molecule has 1 aromatic rings. The number of imidazole rings is 1. The van der Waals surface area contributed by atoms with Gasteiger partial charge in [0.2, 0.25) is 0 Å². The van der Waals surface area contributed by atoms with Gasteiger partial charge in [0.25, 0.3) is 0 Å². The zero-order valence-corrected chi connectivity index (χ0v) is 12.3. The fourth-order valence-electron chi connectivity index (χ4n) is 1.93. The first kappa shape index (κ1) is 14.4. The molecule has 0 aliphatic carbocycles. The normalized spacial score (nSPS) is 11.4. The van der Waals surface area contributed by atoms with Crippen LogP contribution in [0.3, 0.4) is 0 Å². The van der Waals surface area contributed by atoms with Gasteiger partial charge in [0, 0.05) is 18.9 Å². The summed E-state index contributed by atoms with van der Waals surface area (Å²) in [4.78, 5) is 4.72. The Morgan fingerprint density at radius 2 is 2.06 bits per heavy atom. The van der Waals surface area contributed by atoms with Crippen LogP contribution >= 0.6 is 11.8 Å². The maximum atomic E-state index is 6.20. The zero-order valence-electron chi connectivity index (χ0n) is 11.5. The Morgan fingerprint density at radius 3 is 2.59 bits per heavy atom. The van der Waals surface area contributed by atoms with Gasteiger partial charge in [0.15, 0.2) is 0 Å². The second-order valence-electron chi connectivity index (χ2n) is 4.56. The van der Waals surface area contributed by atoms with Gasteiger partial charge in [0.1, 0.15) is 11.6 Å². The molecule has 2 N–H and O–H groups in total. The van der Waals surface area contributed by atoms with Gasteiger partial charge >= 0.3 is 0 Å². The van der Waals surface area contributed by atoms with Gasteiger partial charge in [-0.05, 0) is 17.9 Å². The molecule has 0 saturated carbocycles. The molecule has 0 saturated heterocycles. The summed E-state index contributed by atoms with van der Waals surface area (Å²) in [5.41, 5.74) is 7.29. The molecule has 0 aliphatic rings. The van der Waals surface area contributed by atoms with Crippen molar-refractivity contribution in [3.05, 3.63) is 11.5 Å². The lowest BCUT2D eigenvalue weighted by molar-refractivity contribution is 0.616. The predicted octanol–water partition coefficient (Wildman–Crippen LogP) is 3.29. The minimum absolute atomic E-state index is 0.441. The van der Waals surface area contributed by atoms with Gasteiger partial charge in [0.05, 0.1) is 5.69 Å². The number of nitrogens with zero attached hydrogens (tertiary/aromatic N) is 2. The minimum atomic E-state index is 0.441. The summed E-state index contributed by atoms with van der Waals surface area (Å²) in [6.07, 6.45) is 2.09. The van der Waals surface area contributed by atoms with E-state index in [1.807, 2.05) is 11.8 Å². The molecule has 1 rings (SSSR count). The fraction of sp³-hybridized carbons (Fsp3) is 0.769. The van der Waals surface area contributed by atoms with Crippen molar-refractivity contribution in [2.45, 2.75) is 53.0 Å². The second kappa shape index (κ2) is 6.94. The maximum Gasteiger partial charge on any atom is 0.126 e. The van der Waals surface area contributed by atoms with Crippen molar-refractivity contribution in [3.63, 3.8) is 0 Å². The molecule has 4 heteroatoms. The molecule has 0 amide bonds. The van der Waals surface area contributed by atoms with Gasteiger partial charge in [-0.3, -0.25) is 0 Å². The Hall–Kier alpha value is -0.640. The lowest BCUT2D eigenvalue weighted by Crippen LogP contribution is -2.08. The molecule has 0 atom stereocenters. The highest BCUT2D eigenvalue weighted by Crippen LogP contribution is 2.22. The van der Waals surface area contributed by atoms with Gasteiger partial charge < -0.3 is 10.3 Å². The molecule has 0 unspecified atom stereocenters. The van der Waals surface area contributed by atoms with Crippen LogP contribution in [0.15, 0.2) is 0 Å². The number of rotatable bonds is 7. The fourth-order valence-corrected chi connectivity index (χ4v) is 2.56. The van der Waals surface area contributed by atoms with E-state index in [0.717, 1.165) is 48.2 Å². The summed E-state index contributed by atoms with van der Waals surface area (Å²) in [6.45, 7) is 9.70. The molecule has 17 heavy (non-hydrogen) atoms.